The Hall–Kier alpha value is -3.08. The number of fused-ring (bicyclic) bond motifs is 2. The van der Waals surface area contributed by atoms with E-state index in [9.17, 15) is 9.90 Å². The van der Waals surface area contributed by atoms with Crippen molar-refractivity contribution < 1.29 is 14.6 Å². The van der Waals surface area contributed by atoms with E-state index in [0.29, 0.717) is 25.2 Å². The summed E-state index contributed by atoms with van der Waals surface area (Å²) >= 11 is 2.30. The molecule has 1 aromatic heterocycles. The van der Waals surface area contributed by atoms with Crippen LogP contribution in [0, 0.1) is 9.49 Å². The second kappa shape index (κ2) is 10.2. The van der Waals surface area contributed by atoms with Gasteiger partial charge in [-0.05, 0) is 64.8 Å². The third-order valence-electron chi connectivity index (χ3n) is 7.68. The van der Waals surface area contributed by atoms with E-state index in [4.69, 9.17) is 4.74 Å². The molecule has 1 spiro atoms. The van der Waals surface area contributed by atoms with Crippen LogP contribution < -0.4 is 4.90 Å². The lowest BCUT2D eigenvalue weighted by Gasteiger charge is -2.28. The maximum absolute atomic E-state index is 14.1. The van der Waals surface area contributed by atoms with E-state index in [1.165, 1.54) is 0 Å². The van der Waals surface area contributed by atoms with Gasteiger partial charge < -0.3 is 14.7 Å². The Bertz CT molecular complexity index is 1460. The molecule has 1 saturated heterocycles. The van der Waals surface area contributed by atoms with Crippen molar-refractivity contribution in [1.82, 2.24) is 15.0 Å². The number of benzene rings is 3. The SMILES string of the molecule is C[C@H]1C[C@@H](CCn2cc([C@H](O)c3ccccc3)nn2)O[C@]12C(=O)N(Cc1cccc(I)c1)c1ccccc12. The Balaban J connectivity index is 1.18. The zero-order chi connectivity index (χ0) is 26.3. The summed E-state index contributed by atoms with van der Waals surface area (Å²) < 4.78 is 9.58. The summed E-state index contributed by atoms with van der Waals surface area (Å²) in [5.74, 6) is 0.0508. The molecule has 2 aliphatic rings. The molecule has 4 aromatic rings. The largest absolute Gasteiger partial charge is 0.382 e. The maximum atomic E-state index is 14.1. The van der Waals surface area contributed by atoms with Crippen LogP contribution in [-0.4, -0.2) is 32.1 Å². The van der Waals surface area contributed by atoms with E-state index in [-0.39, 0.29) is 17.9 Å². The molecule has 1 fully saturated rings. The third-order valence-corrected chi connectivity index (χ3v) is 8.35. The van der Waals surface area contributed by atoms with Crippen molar-refractivity contribution in [2.45, 2.75) is 50.7 Å². The van der Waals surface area contributed by atoms with Crippen LogP contribution in [0.4, 0.5) is 5.69 Å². The number of aliphatic hydroxyl groups excluding tert-OH is 1. The molecule has 3 aromatic carbocycles. The summed E-state index contributed by atoms with van der Waals surface area (Å²) in [6.45, 7) is 3.22. The van der Waals surface area contributed by atoms with Crippen LogP contribution >= 0.6 is 22.6 Å². The Morgan fingerprint density at radius 3 is 2.71 bits per heavy atom. The Morgan fingerprint density at radius 1 is 1.11 bits per heavy atom. The molecule has 0 unspecified atom stereocenters. The number of aromatic nitrogens is 3. The van der Waals surface area contributed by atoms with Gasteiger partial charge in [0.15, 0.2) is 5.60 Å². The predicted octanol–water partition coefficient (Wildman–Crippen LogP) is 5.22. The minimum absolute atomic E-state index is 0.0154. The highest BCUT2D eigenvalue weighted by molar-refractivity contribution is 14.1. The van der Waals surface area contributed by atoms with E-state index < -0.39 is 11.7 Å². The van der Waals surface area contributed by atoms with Gasteiger partial charge in [-0.2, -0.15) is 0 Å². The zero-order valence-electron chi connectivity index (χ0n) is 21.1. The fraction of sp³-hybridized carbons (Fsp3) is 0.300. The second-order valence-corrected chi connectivity index (χ2v) is 11.4. The molecule has 0 saturated carbocycles. The number of amides is 1. The molecular formula is C30H29IN4O3. The van der Waals surface area contributed by atoms with Crippen molar-refractivity contribution >= 4 is 34.2 Å². The van der Waals surface area contributed by atoms with Crippen LogP contribution in [-0.2, 0) is 28.2 Å². The fourth-order valence-electron chi connectivity index (χ4n) is 5.81. The number of hydrogen-bond donors (Lipinski definition) is 1. The number of anilines is 1. The molecule has 8 heteroatoms. The zero-order valence-corrected chi connectivity index (χ0v) is 23.2. The summed E-state index contributed by atoms with van der Waals surface area (Å²) in [4.78, 5) is 15.9. The number of aryl methyl sites for hydroxylation is 1. The minimum atomic E-state index is -0.972. The highest BCUT2D eigenvalue weighted by Gasteiger charge is 2.59. The molecule has 0 aliphatic carbocycles. The molecule has 4 atom stereocenters. The molecule has 7 nitrogen and oxygen atoms in total. The van der Waals surface area contributed by atoms with Crippen molar-refractivity contribution in [3.63, 3.8) is 0 Å². The van der Waals surface area contributed by atoms with Gasteiger partial charge in [-0.3, -0.25) is 9.48 Å². The number of nitrogens with zero attached hydrogens (tertiary/aromatic N) is 4. The second-order valence-electron chi connectivity index (χ2n) is 10.2. The lowest BCUT2D eigenvalue weighted by Crippen LogP contribution is -2.43. The highest BCUT2D eigenvalue weighted by atomic mass is 127. The summed E-state index contributed by atoms with van der Waals surface area (Å²) in [7, 11) is 0. The number of ether oxygens (including phenoxy) is 1. The van der Waals surface area contributed by atoms with Gasteiger partial charge in [0.2, 0.25) is 0 Å². The van der Waals surface area contributed by atoms with Crippen molar-refractivity contribution in [3.05, 3.63) is 111 Å². The van der Waals surface area contributed by atoms with Gasteiger partial charge in [0.05, 0.1) is 24.5 Å². The maximum Gasteiger partial charge on any atom is 0.264 e. The molecule has 0 bridgehead atoms. The van der Waals surface area contributed by atoms with E-state index in [2.05, 4.69) is 58.0 Å². The smallest absolute Gasteiger partial charge is 0.264 e. The molecule has 1 N–H and O–H groups in total. The van der Waals surface area contributed by atoms with Crippen molar-refractivity contribution in [1.29, 1.82) is 0 Å². The van der Waals surface area contributed by atoms with Gasteiger partial charge in [-0.1, -0.05) is 72.8 Å². The first-order valence-electron chi connectivity index (χ1n) is 12.9. The monoisotopic (exact) mass is 620 g/mol. The van der Waals surface area contributed by atoms with Crippen LogP contribution in [0.25, 0.3) is 0 Å². The van der Waals surface area contributed by atoms with Gasteiger partial charge in [0, 0.05) is 21.6 Å². The quantitative estimate of drug-likeness (QED) is 0.287. The number of aliphatic hydroxyl groups is 1. The predicted molar refractivity (Wildman–Crippen MR) is 152 cm³/mol. The Morgan fingerprint density at radius 2 is 1.89 bits per heavy atom. The number of rotatable bonds is 7. The Labute approximate surface area is 235 Å². The van der Waals surface area contributed by atoms with Gasteiger partial charge in [-0.15, -0.1) is 5.10 Å². The van der Waals surface area contributed by atoms with Crippen molar-refractivity contribution in [2.75, 3.05) is 4.90 Å². The molecule has 3 heterocycles. The van der Waals surface area contributed by atoms with Crippen LogP contribution in [0.2, 0.25) is 0 Å². The number of para-hydroxylation sites is 1. The number of carbonyl (C=O) groups is 1. The molecule has 2 aliphatic heterocycles. The van der Waals surface area contributed by atoms with E-state index in [1.54, 1.807) is 10.9 Å². The first kappa shape index (κ1) is 25.2. The van der Waals surface area contributed by atoms with Gasteiger partial charge in [-0.25, -0.2) is 0 Å². The lowest BCUT2D eigenvalue weighted by molar-refractivity contribution is -0.146. The first-order chi connectivity index (χ1) is 18.5. The number of carbonyl (C=O) groups excluding carboxylic acids is 1. The van der Waals surface area contributed by atoms with Crippen LogP contribution in [0.3, 0.4) is 0 Å². The lowest BCUT2D eigenvalue weighted by atomic mass is 9.83. The van der Waals surface area contributed by atoms with Crippen molar-refractivity contribution in [3.8, 4) is 0 Å². The summed E-state index contributed by atoms with van der Waals surface area (Å²) in [6, 6.07) is 25.7. The summed E-state index contributed by atoms with van der Waals surface area (Å²) in [5.41, 5.74) is 3.31. The molecule has 0 radical (unpaired) electrons. The topological polar surface area (TPSA) is 80.5 Å². The average molecular weight is 620 g/mol. The van der Waals surface area contributed by atoms with E-state index >= 15 is 0 Å². The van der Waals surface area contributed by atoms with E-state index in [1.807, 2.05) is 65.6 Å². The third kappa shape index (κ3) is 4.44. The fourth-order valence-corrected chi connectivity index (χ4v) is 6.42. The van der Waals surface area contributed by atoms with E-state index in [0.717, 1.165) is 32.4 Å². The average Bonchev–Trinajstić information content (AvgIpc) is 3.60. The number of hydrogen-bond acceptors (Lipinski definition) is 5. The van der Waals surface area contributed by atoms with Gasteiger partial charge >= 0.3 is 0 Å². The minimum Gasteiger partial charge on any atom is -0.382 e. The highest BCUT2D eigenvalue weighted by Crippen LogP contribution is 2.53. The standard InChI is InChI=1S/C30H29IN4O3/c1-20-16-24(14-15-34-19-26(32-33-34)28(36)22-9-3-2-4-10-22)38-30(20)25-12-5-6-13-27(25)35(29(30)37)18-21-8-7-11-23(31)17-21/h2-13,17,19-20,24,28,36H,14-16,18H2,1H3/t20-,24+,28+,30+/m0/s1. The first-order valence-corrected chi connectivity index (χ1v) is 14.0. The molecular weight excluding hydrogens is 591 g/mol. The van der Waals surface area contributed by atoms with Gasteiger partial charge in [0.25, 0.3) is 5.91 Å². The van der Waals surface area contributed by atoms with Crippen LogP contribution in [0.1, 0.15) is 48.3 Å². The van der Waals surface area contributed by atoms with Crippen LogP contribution in [0.5, 0.6) is 0 Å². The molecule has 6 rings (SSSR count). The molecule has 38 heavy (non-hydrogen) atoms. The van der Waals surface area contributed by atoms with Crippen molar-refractivity contribution in [2.24, 2.45) is 5.92 Å². The number of halogens is 1. The Kier molecular flexibility index (Phi) is 6.79. The van der Waals surface area contributed by atoms with Crippen LogP contribution in [0.15, 0.2) is 85.1 Å². The normalized spacial score (nSPS) is 23.2. The van der Waals surface area contributed by atoms with Gasteiger partial charge in [0.1, 0.15) is 11.8 Å². The molecule has 194 valence electrons. The summed E-state index contributed by atoms with van der Waals surface area (Å²) in [5, 5.41) is 19.1. The summed E-state index contributed by atoms with van der Waals surface area (Å²) in [6.07, 6.45) is 2.35. The molecule has 1 amide bonds.